The molecule has 21 heavy (non-hydrogen) atoms. The number of hydrazine groups is 1. The standard InChI is InChI=1S/C17H26F2N2/c1-17(2,3)12-9-7-11(8-10-12)16(21-20)15-13(18)5-4-6-14(15)19/h4-6,11-12,16,21H,7-10,20H2,1-3H3. The predicted molar refractivity (Wildman–Crippen MR) is 81.3 cm³/mol. The number of hydrogen-bond acceptors (Lipinski definition) is 2. The molecule has 1 aliphatic rings. The Morgan fingerprint density at radius 1 is 1.10 bits per heavy atom. The number of hydrogen-bond donors (Lipinski definition) is 2. The minimum atomic E-state index is -0.518. The molecule has 1 saturated carbocycles. The molecule has 2 rings (SSSR count). The largest absolute Gasteiger partial charge is 0.271 e. The molecule has 1 unspecified atom stereocenters. The third kappa shape index (κ3) is 3.61. The van der Waals surface area contributed by atoms with Crippen LogP contribution in [0.15, 0.2) is 18.2 Å². The molecular weight excluding hydrogens is 270 g/mol. The van der Waals surface area contributed by atoms with Crippen molar-refractivity contribution in [3.8, 4) is 0 Å². The van der Waals surface area contributed by atoms with Crippen LogP contribution >= 0.6 is 0 Å². The van der Waals surface area contributed by atoms with Crippen LogP contribution in [-0.2, 0) is 0 Å². The topological polar surface area (TPSA) is 38.0 Å². The van der Waals surface area contributed by atoms with Gasteiger partial charge >= 0.3 is 0 Å². The second-order valence-corrected chi connectivity index (χ2v) is 7.26. The van der Waals surface area contributed by atoms with Crippen molar-refractivity contribution in [1.82, 2.24) is 5.43 Å². The highest BCUT2D eigenvalue weighted by Crippen LogP contribution is 2.43. The Bertz CT molecular complexity index is 454. The van der Waals surface area contributed by atoms with E-state index < -0.39 is 17.7 Å². The van der Waals surface area contributed by atoms with Crippen LogP contribution < -0.4 is 11.3 Å². The highest BCUT2D eigenvalue weighted by atomic mass is 19.1. The van der Waals surface area contributed by atoms with Crippen molar-refractivity contribution in [2.24, 2.45) is 23.1 Å². The fraction of sp³-hybridized carbons (Fsp3) is 0.647. The van der Waals surface area contributed by atoms with Crippen molar-refractivity contribution in [2.75, 3.05) is 0 Å². The van der Waals surface area contributed by atoms with Gasteiger partial charge in [-0.25, -0.2) is 8.78 Å². The zero-order chi connectivity index (χ0) is 15.6. The Labute approximate surface area is 126 Å². The first-order valence-corrected chi connectivity index (χ1v) is 7.74. The van der Waals surface area contributed by atoms with E-state index in [0.29, 0.717) is 11.3 Å². The lowest BCUT2D eigenvalue weighted by Crippen LogP contribution is -2.37. The van der Waals surface area contributed by atoms with E-state index in [-0.39, 0.29) is 11.5 Å². The van der Waals surface area contributed by atoms with Crippen molar-refractivity contribution in [2.45, 2.75) is 52.5 Å². The molecule has 0 spiro atoms. The summed E-state index contributed by atoms with van der Waals surface area (Å²) in [4.78, 5) is 0. The molecule has 3 N–H and O–H groups in total. The van der Waals surface area contributed by atoms with Gasteiger partial charge in [-0.3, -0.25) is 11.3 Å². The monoisotopic (exact) mass is 296 g/mol. The predicted octanol–water partition coefficient (Wildman–Crippen LogP) is 4.32. The first kappa shape index (κ1) is 16.4. The average Bonchev–Trinajstić information content (AvgIpc) is 2.42. The van der Waals surface area contributed by atoms with Crippen LogP contribution in [0.25, 0.3) is 0 Å². The third-order valence-electron chi connectivity index (χ3n) is 4.96. The highest BCUT2D eigenvalue weighted by molar-refractivity contribution is 5.24. The molecule has 0 aromatic heterocycles. The van der Waals surface area contributed by atoms with Gasteiger partial charge in [0.2, 0.25) is 0 Å². The van der Waals surface area contributed by atoms with Gasteiger partial charge in [-0.15, -0.1) is 0 Å². The van der Waals surface area contributed by atoms with Crippen LogP contribution in [0.4, 0.5) is 8.78 Å². The number of nitrogens with one attached hydrogen (secondary N) is 1. The smallest absolute Gasteiger partial charge is 0.130 e. The summed E-state index contributed by atoms with van der Waals surface area (Å²) in [6.45, 7) is 6.77. The molecule has 0 radical (unpaired) electrons. The summed E-state index contributed by atoms with van der Waals surface area (Å²) in [6.07, 6.45) is 4.07. The van der Waals surface area contributed by atoms with E-state index in [4.69, 9.17) is 5.84 Å². The summed E-state index contributed by atoms with van der Waals surface area (Å²) < 4.78 is 27.9. The molecular formula is C17H26F2N2. The van der Waals surface area contributed by atoms with Crippen molar-refractivity contribution in [3.63, 3.8) is 0 Å². The number of halogens is 2. The van der Waals surface area contributed by atoms with Gasteiger partial charge in [0.1, 0.15) is 11.6 Å². The fourth-order valence-corrected chi connectivity index (χ4v) is 3.58. The van der Waals surface area contributed by atoms with Gasteiger partial charge in [0.25, 0.3) is 0 Å². The minimum Gasteiger partial charge on any atom is -0.271 e. The van der Waals surface area contributed by atoms with Gasteiger partial charge in [-0.1, -0.05) is 26.8 Å². The molecule has 0 heterocycles. The molecule has 1 atom stereocenters. The molecule has 1 aromatic rings. The first-order chi connectivity index (χ1) is 9.84. The summed E-state index contributed by atoms with van der Waals surface area (Å²) >= 11 is 0. The van der Waals surface area contributed by atoms with Crippen LogP contribution in [-0.4, -0.2) is 0 Å². The Kier molecular flexibility index (Phi) is 4.99. The Morgan fingerprint density at radius 2 is 1.62 bits per heavy atom. The third-order valence-corrected chi connectivity index (χ3v) is 4.96. The van der Waals surface area contributed by atoms with Crippen LogP contribution in [0.3, 0.4) is 0 Å². The molecule has 1 fully saturated rings. The summed E-state index contributed by atoms with van der Waals surface area (Å²) in [5.41, 5.74) is 3.02. The quantitative estimate of drug-likeness (QED) is 0.644. The second kappa shape index (κ2) is 6.41. The maximum absolute atomic E-state index is 14.0. The number of benzene rings is 1. The zero-order valence-corrected chi connectivity index (χ0v) is 13.1. The minimum absolute atomic E-state index is 0.0826. The summed E-state index contributed by atoms with van der Waals surface area (Å²) in [5.74, 6) is 5.42. The van der Waals surface area contributed by atoms with Crippen LogP contribution in [0.2, 0.25) is 0 Å². The van der Waals surface area contributed by atoms with Gasteiger partial charge in [-0.2, -0.15) is 0 Å². The van der Waals surface area contributed by atoms with E-state index in [0.717, 1.165) is 25.7 Å². The molecule has 1 aliphatic carbocycles. The van der Waals surface area contributed by atoms with Gasteiger partial charge in [0, 0.05) is 5.56 Å². The van der Waals surface area contributed by atoms with E-state index in [1.807, 2.05) is 0 Å². The van der Waals surface area contributed by atoms with E-state index in [9.17, 15) is 8.78 Å². The normalized spacial score (nSPS) is 24.9. The van der Waals surface area contributed by atoms with Crippen LogP contribution in [0.1, 0.15) is 58.1 Å². The van der Waals surface area contributed by atoms with Crippen molar-refractivity contribution < 1.29 is 8.78 Å². The average molecular weight is 296 g/mol. The Hall–Kier alpha value is -1.00. The van der Waals surface area contributed by atoms with Crippen molar-refractivity contribution in [1.29, 1.82) is 0 Å². The maximum Gasteiger partial charge on any atom is 0.130 e. The van der Waals surface area contributed by atoms with E-state index in [2.05, 4.69) is 26.2 Å². The van der Waals surface area contributed by atoms with E-state index >= 15 is 0 Å². The second-order valence-electron chi connectivity index (χ2n) is 7.26. The number of nitrogens with two attached hydrogens (primary N) is 1. The van der Waals surface area contributed by atoms with Crippen LogP contribution in [0.5, 0.6) is 0 Å². The zero-order valence-electron chi connectivity index (χ0n) is 13.1. The van der Waals surface area contributed by atoms with Crippen molar-refractivity contribution >= 4 is 0 Å². The highest BCUT2D eigenvalue weighted by Gasteiger charge is 2.34. The molecule has 4 heteroatoms. The summed E-state index contributed by atoms with van der Waals surface area (Å²) in [7, 11) is 0. The maximum atomic E-state index is 14.0. The first-order valence-electron chi connectivity index (χ1n) is 7.74. The molecule has 118 valence electrons. The van der Waals surface area contributed by atoms with Crippen LogP contribution in [0, 0.1) is 28.9 Å². The summed E-state index contributed by atoms with van der Waals surface area (Å²) in [5, 5.41) is 0. The fourth-order valence-electron chi connectivity index (χ4n) is 3.58. The Balaban J connectivity index is 2.14. The lowest BCUT2D eigenvalue weighted by Gasteiger charge is -2.39. The molecule has 0 saturated heterocycles. The van der Waals surface area contributed by atoms with Gasteiger partial charge in [-0.05, 0) is 55.1 Å². The van der Waals surface area contributed by atoms with Gasteiger partial charge < -0.3 is 0 Å². The molecule has 2 nitrogen and oxygen atoms in total. The summed E-state index contributed by atoms with van der Waals surface area (Å²) in [6, 6.07) is 3.53. The van der Waals surface area contributed by atoms with E-state index in [1.165, 1.54) is 18.2 Å². The lowest BCUT2D eigenvalue weighted by molar-refractivity contribution is 0.131. The molecule has 0 amide bonds. The van der Waals surface area contributed by atoms with Gasteiger partial charge in [0.05, 0.1) is 6.04 Å². The lowest BCUT2D eigenvalue weighted by atomic mass is 9.68. The SMILES string of the molecule is CC(C)(C)C1CCC(C(NN)c2c(F)cccc2F)CC1. The molecule has 0 aliphatic heterocycles. The molecule has 0 bridgehead atoms. The number of rotatable bonds is 3. The van der Waals surface area contributed by atoms with E-state index in [1.54, 1.807) is 0 Å². The Morgan fingerprint density at radius 3 is 2.05 bits per heavy atom. The molecule has 1 aromatic carbocycles. The van der Waals surface area contributed by atoms with Crippen molar-refractivity contribution in [3.05, 3.63) is 35.4 Å². The van der Waals surface area contributed by atoms with Gasteiger partial charge in [0.15, 0.2) is 0 Å².